The van der Waals surface area contributed by atoms with Crippen LogP contribution in [0.4, 0.5) is 11.4 Å². The molecule has 0 saturated carbocycles. The van der Waals surface area contributed by atoms with Gasteiger partial charge in [0.1, 0.15) is 0 Å². The molecule has 146 valence electrons. The van der Waals surface area contributed by atoms with E-state index in [1.54, 1.807) is 6.92 Å². The summed E-state index contributed by atoms with van der Waals surface area (Å²) in [7, 11) is 0. The summed E-state index contributed by atoms with van der Waals surface area (Å²) in [5.74, 6) is -0.0240. The molecule has 0 fully saturated rings. The fraction of sp³-hybridized carbons (Fsp3) is 0.200. The number of hydrogen-bond donors (Lipinski definition) is 0. The van der Waals surface area contributed by atoms with Crippen LogP contribution < -0.4 is 9.80 Å². The van der Waals surface area contributed by atoms with Gasteiger partial charge in [-0.1, -0.05) is 54.6 Å². The standard InChI is InChI=1S/C25H24N2O2/c1-18-17-24(22-15-9-10-16-23(22)26(18)19(2)28)27(21-13-7-4-8-14-21)25(29)20-11-5-3-6-12-20/h3-16,18,24H,17H2,1-2H3. The van der Waals surface area contributed by atoms with Crippen LogP contribution >= 0.6 is 0 Å². The van der Waals surface area contributed by atoms with Crippen molar-refractivity contribution in [3.8, 4) is 0 Å². The van der Waals surface area contributed by atoms with Crippen molar-refractivity contribution in [3.05, 3.63) is 96.1 Å². The van der Waals surface area contributed by atoms with Crippen LogP contribution in [-0.4, -0.2) is 17.9 Å². The second kappa shape index (κ2) is 7.92. The Bertz CT molecular complexity index is 1020. The maximum Gasteiger partial charge on any atom is 0.258 e. The van der Waals surface area contributed by atoms with Crippen LogP contribution in [-0.2, 0) is 4.79 Å². The second-order valence-electron chi connectivity index (χ2n) is 7.43. The molecule has 2 atom stereocenters. The zero-order chi connectivity index (χ0) is 20.4. The smallest absolute Gasteiger partial charge is 0.258 e. The van der Waals surface area contributed by atoms with Crippen molar-refractivity contribution in [3.63, 3.8) is 0 Å². The van der Waals surface area contributed by atoms with E-state index < -0.39 is 0 Å². The molecular formula is C25H24N2O2. The number of benzene rings is 3. The van der Waals surface area contributed by atoms with Crippen LogP contribution in [0.15, 0.2) is 84.9 Å². The molecule has 0 bridgehead atoms. The lowest BCUT2D eigenvalue weighted by Gasteiger charge is -2.43. The molecule has 0 saturated heterocycles. The third-order valence-electron chi connectivity index (χ3n) is 5.49. The lowest BCUT2D eigenvalue weighted by Crippen LogP contribution is -2.47. The van der Waals surface area contributed by atoms with Crippen LogP contribution in [0.1, 0.15) is 42.2 Å². The molecule has 1 aliphatic rings. The Kier molecular flexibility index (Phi) is 5.17. The predicted molar refractivity (Wildman–Crippen MR) is 116 cm³/mol. The van der Waals surface area contributed by atoms with Crippen molar-refractivity contribution in [2.75, 3.05) is 9.80 Å². The SMILES string of the molecule is CC(=O)N1c2ccccc2C(N(C(=O)c2ccccc2)c2ccccc2)CC1C. The van der Waals surface area contributed by atoms with Gasteiger partial charge >= 0.3 is 0 Å². The molecule has 0 aliphatic carbocycles. The minimum atomic E-state index is -0.160. The van der Waals surface area contributed by atoms with Crippen molar-refractivity contribution >= 4 is 23.2 Å². The van der Waals surface area contributed by atoms with Crippen molar-refractivity contribution in [1.82, 2.24) is 0 Å². The topological polar surface area (TPSA) is 40.6 Å². The Balaban J connectivity index is 1.86. The van der Waals surface area contributed by atoms with Gasteiger partial charge in [0, 0.05) is 29.9 Å². The number of amides is 2. The van der Waals surface area contributed by atoms with Gasteiger partial charge in [-0.05, 0) is 49.2 Å². The number of fused-ring (bicyclic) bond motifs is 1. The molecule has 1 aliphatic heterocycles. The van der Waals surface area contributed by atoms with Gasteiger partial charge in [-0.2, -0.15) is 0 Å². The van der Waals surface area contributed by atoms with Gasteiger partial charge in [0.25, 0.3) is 5.91 Å². The zero-order valence-electron chi connectivity index (χ0n) is 16.7. The monoisotopic (exact) mass is 384 g/mol. The van der Waals surface area contributed by atoms with Crippen LogP contribution in [0.5, 0.6) is 0 Å². The molecule has 0 N–H and O–H groups in total. The number of carbonyl (C=O) groups is 2. The summed E-state index contributed by atoms with van der Waals surface area (Å²) >= 11 is 0. The highest BCUT2D eigenvalue weighted by Crippen LogP contribution is 2.42. The molecule has 4 rings (SSSR count). The van der Waals surface area contributed by atoms with Gasteiger partial charge in [-0.25, -0.2) is 0 Å². The summed E-state index contributed by atoms with van der Waals surface area (Å²) in [6.07, 6.45) is 0.671. The molecular weight excluding hydrogens is 360 g/mol. The number of carbonyl (C=O) groups excluding carboxylic acids is 2. The number of nitrogens with zero attached hydrogens (tertiary/aromatic N) is 2. The molecule has 4 heteroatoms. The number of anilines is 2. The fourth-order valence-electron chi connectivity index (χ4n) is 4.25. The molecule has 2 unspecified atom stereocenters. The first kappa shape index (κ1) is 18.9. The van der Waals surface area contributed by atoms with E-state index in [0.717, 1.165) is 16.9 Å². The van der Waals surface area contributed by atoms with Gasteiger partial charge in [-0.3, -0.25) is 9.59 Å². The quantitative estimate of drug-likeness (QED) is 0.621. The Hall–Kier alpha value is -3.40. The first-order valence-electron chi connectivity index (χ1n) is 9.90. The Morgan fingerprint density at radius 2 is 1.45 bits per heavy atom. The van der Waals surface area contributed by atoms with Crippen molar-refractivity contribution in [2.24, 2.45) is 0 Å². The molecule has 0 aromatic heterocycles. The highest BCUT2D eigenvalue weighted by Gasteiger charge is 2.37. The fourth-order valence-corrected chi connectivity index (χ4v) is 4.25. The number of rotatable bonds is 3. The van der Waals surface area contributed by atoms with Crippen LogP contribution in [0.3, 0.4) is 0 Å². The molecule has 2 amide bonds. The average Bonchev–Trinajstić information content (AvgIpc) is 2.75. The van der Waals surface area contributed by atoms with Gasteiger partial charge in [0.15, 0.2) is 0 Å². The predicted octanol–water partition coefficient (Wildman–Crippen LogP) is 5.22. The molecule has 1 heterocycles. The van der Waals surface area contributed by atoms with Crippen LogP contribution in [0.25, 0.3) is 0 Å². The Morgan fingerprint density at radius 3 is 2.10 bits per heavy atom. The molecule has 3 aromatic carbocycles. The van der Waals surface area contributed by atoms with E-state index in [9.17, 15) is 9.59 Å². The zero-order valence-corrected chi connectivity index (χ0v) is 16.7. The third kappa shape index (κ3) is 3.54. The minimum Gasteiger partial charge on any atom is -0.309 e. The summed E-state index contributed by atoms with van der Waals surface area (Å²) in [5.41, 5.74) is 3.37. The van der Waals surface area contributed by atoms with E-state index in [2.05, 4.69) is 0 Å². The van der Waals surface area contributed by atoms with Crippen molar-refractivity contribution < 1.29 is 9.59 Å². The van der Waals surface area contributed by atoms with E-state index in [1.807, 2.05) is 102 Å². The van der Waals surface area contributed by atoms with Gasteiger partial charge in [0.2, 0.25) is 5.91 Å². The first-order valence-corrected chi connectivity index (χ1v) is 9.90. The van der Waals surface area contributed by atoms with E-state index >= 15 is 0 Å². The van der Waals surface area contributed by atoms with E-state index in [4.69, 9.17) is 0 Å². The summed E-state index contributed by atoms with van der Waals surface area (Å²) in [6, 6.07) is 26.9. The maximum atomic E-state index is 13.6. The summed E-state index contributed by atoms with van der Waals surface area (Å²) in [5, 5.41) is 0. The van der Waals surface area contributed by atoms with E-state index in [1.165, 1.54) is 0 Å². The third-order valence-corrected chi connectivity index (χ3v) is 5.49. The van der Waals surface area contributed by atoms with Gasteiger partial charge in [-0.15, -0.1) is 0 Å². The van der Waals surface area contributed by atoms with E-state index in [0.29, 0.717) is 12.0 Å². The Labute approximate surface area is 171 Å². The normalized spacial score (nSPS) is 18.1. The summed E-state index contributed by atoms with van der Waals surface area (Å²) < 4.78 is 0. The van der Waals surface area contributed by atoms with Crippen LogP contribution in [0.2, 0.25) is 0 Å². The summed E-state index contributed by atoms with van der Waals surface area (Å²) in [6.45, 7) is 3.64. The number of hydrogen-bond acceptors (Lipinski definition) is 2. The minimum absolute atomic E-state index is 0.0119. The second-order valence-corrected chi connectivity index (χ2v) is 7.43. The van der Waals surface area contributed by atoms with Gasteiger partial charge < -0.3 is 9.80 Å². The molecule has 0 radical (unpaired) electrons. The molecule has 3 aromatic rings. The molecule has 0 spiro atoms. The van der Waals surface area contributed by atoms with Gasteiger partial charge in [0.05, 0.1) is 6.04 Å². The first-order chi connectivity index (χ1) is 14.1. The Morgan fingerprint density at radius 1 is 0.862 bits per heavy atom. The largest absolute Gasteiger partial charge is 0.309 e. The lowest BCUT2D eigenvalue weighted by molar-refractivity contribution is -0.117. The number of para-hydroxylation sites is 2. The van der Waals surface area contributed by atoms with Crippen LogP contribution in [0, 0.1) is 0 Å². The lowest BCUT2D eigenvalue weighted by atomic mass is 9.89. The summed E-state index contributed by atoms with van der Waals surface area (Å²) in [4.78, 5) is 29.7. The van der Waals surface area contributed by atoms with E-state index in [-0.39, 0.29) is 23.9 Å². The molecule has 4 nitrogen and oxygen atoms in total. The highest BCUT2D eigenvalue weighted by atomic mass is 16.2. The maximum absolute atomic E-state index is 13.6. The average molecular weight is 384 g/mol. The highest BCUT2D eigenvalue weighted by molar-refractivity contribution is 6.07. The van der Waals surface area contributed by atoms with Crippen molar-refractivity contribution in [1.29, 1.82) is 0 Å². The molecule has 29 heavy (non-hydrogen) atoms. The van der Waals surface area contributed by atoms with Crippen molar-refractivity contribution in [2.45, 2.75) is 32.4 Å².